The second kappa shape index (κ2) is 3.24. The predicted octanol–water partition coefficient (Wildman–Crippen LogP) is 2.30. The molecule has 76 valence electrons. The summed E-state index contributed by atoms with van der Waals surface area (Å²) in [5.41, 5.74) is 0.479. The normalized spacial score (nSPS) is 24.8. The first-order valence-corrected chi connectivity index (χ1v) is 4.62. The Morgan fingerprint density at radius 1 is 1.57 bits per heavy atom. The van der Waals surface area contributed by atoms with Crippen molar-refractivity contribution in [3.8, 4) is 5.75 Å². The molecule has 0 spiro atoms. The molecule has 1 fully saturated rings. The molecule has 1 aliphatic rings. The number of hydrogen-bond donors (Lipinski definition) is 0. The van der Waals surface area contributed by atoms with Crippen LogP contribution in [0.3, 0.4) is 0 Å². The quantitative estimate of drug-likeness (QED) is 0.692. The molecule has 1 aromatic rings. The van der Waals surface area contributed by atoms with Crippen LogP contribution in [0.2, 0.25) is 0 Å². The lowest BCUT2D eigenvalue weighted by atomic mass is 10.2. The van der Waals surface area contributed by atoms with Gasteiger partial charge in [0.15, 0.2) is 0 Å². The van der Waals surface area contributed by atoms with Gasteiger partial charge in [-0.15, -0.1) is 0 Å². The summed E-state index contributed by atoms with van der Waals surface area (Å²) in [5.74, 6) is 0.328. The van der Waals surface area contributed by atoms with Gasteiger partial charge in [-0.3, -0.25) is 0 Å². The number of ether oxygens (including phenoxy) is 2. The van der Waals surface area contributed by atoms with Gasteiger partial charge in [-0.05, 0) is 25.5 Å². The van der Waals surface area contributed by atoms with Gasteiger partial charge in [-0.25, -0.2) is 4.39 Å². The predicted molar refractivity (Wildman–Crippen MR) is 51.0 cm³/mol. The standard InChI is InChI=1S/C11H13FO2/c1-8-3-4-9(5-10(8)12)13-6-11(2)7-14-11/h3-5H,6-7H2,1-2H3. The van der Waals surface area contributed by atoms with Crippen LogP contribution in [0.15, 0.2) is 18.2 Å². The maximum atomic E-state index is 13.1. The van der Waals surface area contributed by atoms with E-state index in [1.807, 2.05) is 6.92 Å². The molecule has 0 amide bonds. The van der Waals surface area contributed by atoms with Crippen LogP contribution >= 0.6 is 0 Å². The molecule has 2 rings (SSSR count). The Labute approximate surface area is 82.6 Å². The third-order valence-electron chi connectivity index (χ3n) is 2.32. The van der Waals surface area contributed by atoms with E-state index in [0.29, 0.717) is 17.9 Å². The minimum Gasteiger partial charge on any atom is -0.490 e. The van der Waals surface area contributed by atoms with E-state index in [1.54, 1.807) is 19.1 Å². The van der Waals surface area contributed by atoms with Crippen molar-refractivity contribution in [1.29, 1.82) is 0 Å². The van der Waals surface area contributed by atoms with Crippen LogP contribution in [0.4, 0.5) is 4.39 Å². The van der Waals surface area contributed by atoms with Crippen LogP contribution in [-0.2, 0) is 4.74 Å². The maximum absolute atomic E-state index is 13.1. The molecule has 1 aromatic carbocycles. The molecule has 0 bridgehead atoms. The van der Waals surface area contributed by atoms with Crippen LogP contribution in [0.25, 0.3) is 0 Å². The van der Waals surface area contributed by atoms with E-state index in [2.05, 4.69) is 0 Å². The largest absolute Gasteiger partial charge is 0.490 e. The molecule has 0 aliphatic carbocycles. The van der Waals surface area contributed by atoms with Crippen molar-refractivity contribution < 1.29 is 13.9 Å². The summed E-state index contributed by atoms with van der Waals surface area (Å²) in [6.45, 7) is 4.90. The highest BCUT2D eigenvalue weighted by molar-refractivity contribution is 5.28. The summed E-state index contributed by atoms with van der Waals surface area (Å²) < 4.78 is 23.7. The van der Waals surface area contributed by atoms with Gasteiger partial charge in [0.1, 0.15) is 23.8 Å². The Hall–Kier alpha value is -1.09. The van der Waals surface area contributed by atoms with Crippen molar-refractivity contribution in [2.45, 2.75) is 19.4 Å². The van der Waals surface area contributed by atoms with Crippen LogP contribution < -0.4 is 4.74 Å². The first kappa shape index (κ1) is 9.46. The van der Waals surface area contributed by atoms with Crippen molar-refractivity contribution in [1.82, 2.24) is 0 Å². The molecule has 0 radical (unpaired) electrons. The molecule has 1 saturated heterocycles. The lowest BCUT2D eigenvalue weighted by molar-refractivity contribution is 0.202. The Bertz CT molecular complexity index is 345. The molecule has 1 unspecified atom stereocenters. The SMILES string of the molecule is Cc1ccc(OCC2(C)CO2)cc1F. The van der Waals surface area contributed by atoms with E-state index in [0.717, 1.165) is 6.61 Å². The van der Waals surface area contributed by atoms with Gasteiger partial charge in [0, 0.05) is 6.07 Å². The van der Waals surface area contributed by atoms with Crippen molar-refractivity contribution in [2.24, 2.45) is 0 Å². The van der Waals surface area contributed by atoms with Gasteiger partial charge in [0.2, 0.25) is 0 Å². The van der Waals surface area contributed by atoms with Crippen molar-refractivity contribution in [3.05, 3.63) is 29.6 Å². The number of rotatable bonds is 3. The maximum Gasteiger partial charge on any atom is 0.129 e. The first-order chi connectivity index (χ1) is 6.59. The lowest BCUT2D eigenvalue weighted by Gasteiger charge is -2.09. The zero-order valence-electron chi connectivity index (χ0n) is 8.34. The molecule has 3 heteroatoms. The van der Waals surface area contributed by atoms with Crippen molar-refractivity contribution in [3.63, 3.8) is 0 Å². The molecular weight excluding hydrogens is 183 g/mol. The zero-order valence-corrected chi connectivity index (χ0v) is 8.34. The van der Waals surface area contributed by atoms with Crippen molar-refractivity contribution in [2.75, 3.05) is 13.2 Å². The molecule has 1 aliphatic heterocycles. The van der Waals surface area contributed by atoms with E-state index in [1.165, 1.54) is 6.07 Å². The summed E-state index contributed by atoms with van der Waals surface area (Å²) in [5, 5.41) is 0. The fourth-order valence-electron chi connectivity index (χ4n) is 1.11. The van der Waals surface area contributed by atoms with Gasteiger partial charge in [-0.1, -0.05) is 6.07 Å². The van der Waals surface area contributed by atoms with Gasteiger partial charge in [-0.2, -0.15) is 0 Å². The molecular formula is C11H13FO2. The van der Waals surface area contributed by atoms with E-state index in [4.69, 9.17) is 9.47 Å². The minimum atomic E-state index is -0.232. The number of halogens is 1. The highest BCUT2D eigenvalue weighted by Gasteiger charge is 2.40. The molecule has 1 atom stereocenters. The van der Waals surface area contributed by atoms with E-state index >= 15 is 0 Å². The molecule has 14 heavy (non-hydrogen) atoms. The van der Waals surface area contributed by atoms with Gasteiger partial charge >= 0.3 is 0 Å². The monoisotopic (exact) mass is 196 g/mol. The second-order valence-electron chi connectivity index (χ2n) is 3.94. The fraction of sp³-hybridized carbons (Fsp3) is 0.455. The summed E-state index contributed by atoms with van der Waals surface area (Å²) in [6, 6.07) is 4.88. The van der Waals surface area contributed by atoms with Crippen LogP contribution in [-0.4, -0.2) is 18.8 Å². The number of epoxide rings is 1. The number of hydrogen-bond acceptors (Lipinski definition) is 2. The second-order valence-corrected chi connectivity index (χ2v) is 3.94. The van der Waals surface area contributed by atoms with Gasteiger partial charge in [0.25, 0.3) is 0 Å². The van der Waals surface area contributed by atoms with E-state index in [-0.39, 0.29) is 11.4 Å². The average molecular weight is 196 g/mol. The Kier molecular flexibility index (Phi) is 2.19. The Balaban J connectivity index is 1.99. The molecule has 0 N–H and O–H groups in total. The zero-order chi connectivity index (χ0) is 10.2. The highest BCUT2D eigenvalue weighted by atomic mass is 19.1. The third kappa shape index (κ3) is 2.04. The van der Waals surface area contributed by atoms with Gasteiger partial charge in [0.05, 0.1) is 6.61 Å². The van der Waals surface area contributed by atoms with Gasteiger partial charge < -0.3 is 9.47 Å². The molecule has 0 aromatic heterocycles. The molecule has 1 heterocycles. The summed E-state index contributed by atoms with van der Waals surface area (Å²) >= 11 is 0. The van der Waals surface area contributed by atoms with Crippen molar-refractivity contribution >= 4 is 0 Å². The molecule has 0 saturated carbocycles. The van der Waals surface area contributed by atoms with E-state index < -0.39 is 0 Å². The average Bonchev–Trinajstić information content (AvgIpc) is 2.87. The van der Waals surface area contributed by atoms with Crippen LogP contribution in [0, 0.1) is 12.7 Å². The number of benzene rings is 1. The summed E-state index contributed by atoms with van der Waals surface area (Å²) in [6.07, 6.45) is 0. The van der Waals surface area contributed by atoms with Crippen LogP contribution in [0.5, 0.6) is 5.75 Å². The smallest absolute Gasteiger partial charge is 0.129 e. The van der Waals surface area contributed by atoms with E-state index in [9.17, 15) is 4.39 Å². The van der Waals surface area contributed by atoms with Crippen LogP contribution in [0.1, 0.15) is 12.5 Å². The summed E-state index contributed by atoms with van der Waals surface area (Å²) in [7, 11) is 0. The highest BCUT2D eigenvalue weighted by Crippen LogP contribution is 2.27. The summed E-state index contributed by atoms with van der Waals surface area (Å²) in [4.78, 5) is 0. The topological polar surface area (TPSA) is 21.8 Å². The minimum absolute atomic E-state index is 0.151. The lowest BCUT2D eigenvalue weighted by Crippen LogP contribution is -2.16. The number of aryl methyl sites for hydroxylation is 1. The Morgan fingerprint density at radius 3 is 2.86 bits per heavy atom. The fourth-order valence-corrected chi connectivity index (χ4v) is 1.11. The first-order valence-electron chi connectivity index (χ1n) is 4.62. The Morgan fingerprint density at radius 2 is 2.29 bits per heavy atom. The third-order valence-corrected chi connectivity index (χ3v) is 2.32. The molecule has 2 nitrogen and oxygen atoms in total.